The summed E-state index contributed by atoms with van der Waals surface area (Å²) in [7, 11) is 0. The molecule has 4 unspecified atom stereocenters. The van der Waals surface area contributed by atoms with Crippen molar-refractivity contribution >= 4 is 23.7 Å². The molecule has 1 heterocycles. The number of nitrogens with zero attached hydrogens (tertiary/aromatic N) is 1. The number of hydrogen-bond donors (Lipinski definition) is 7. The van der Waals surface area contributed by atoms with Crippen LogP contribution in [0.3, 0.4) is 0 Å². The molecule has 1 aromatic carbocycles. The van der Waals surface area contributed by atoms with E-state index in [-0.39, 0.29) is 18.8 Å². The molecule has 0 radical (unpaired) electrons. The Bertz CT molecular complexity index is 998. The molecule has 2 rings (SSSR count). The van der Waals surface area contributed by atoms with Crippen LogP contribution in [0.2, 0.25) is 0 Å². The fourth-order valence-corrected chi connectivity index (χ4v) is 3.51. The Hall–Kier alpha value is -3.77. The number of carbonyl (C=O) groups excluding carboxylic acids is 3. The zero-order chi connectivity index (χ0) is 26.7. The molecule has 0 saturated heterocycles. The Balaban J connectivity index is 2.24. The molecule has 196 valence electrons. The van der Waals surface area contributed by atoms with Gasteiger partial charge in [-0.2, -0.15) is 0 Å². The van der Waals surface area contributed by atoms with Gasteiger partial charge in [-0.15, -0.1) is 0 Å². The standard InChI is InChI=1S/C24H34N6O6/c1-14(2)8-17(25)21(32)28-18(9-15-6-4-3-5-7-15)22(33)29-19(10-16-11-26-13-27-16)23(34)30-20(12-31)24(35)36/h3-7,11,13-14,17-20,31H,8-10,12,25H2,1-2H3,(H,26,27)(H,28,32)(H,29,33)(H,30,34)(H,35,36). The van der Waals surface area contributed by atoms with Gasteiger partial charge >= 0.3 is 5.97 Å². The number of nitrogens with one attached hydrogen (secondary N) is 4. The molecule has 0 aliphatic carbocycles. The predicted molar refractivity (Wildman–Crippen MR) is 130 cm³/mol. The van der Waals surface area contributed by atoms with Gasteiger partial charge in [0.1, 0.15) is 18.1 Å². The van der Waals surface area contributed by atoms with Crippen molar-refractivity contribution in [2.24, 2.45) is 11.7 Å². The quantitative estimate of drug-likeness (QED) is 0.172. The number of carbonyl (C=O) groups is 4. The molecule has 12 nitrogen and oxygen atoms in total. The number of hydrogen-bond acceptors (Lipinski definition) is 7. The number of benzene rings is 1. The van der Waals surface area contributed by atoms with Gasteiger partial charge in [0.25, 0.3) is 0 Å². The third-order valence-electron chi connectivity index (χ3n) is 5.39. The van der Waals surface area contributed by atoms with Crippen LogP contribution in [-0.4, -0.2) is 74.6 Å². The van der Waals surface area contributed by atoms with Crippen molar-refractivity contribution in [2.75, 3.05) is 6.61 Å². The van der Waals surface area contributed by atoms with E-state index in [0.29, 0.717) is 12.1 Å². The summed E-state index contributed by atoms with van der Waals surface area (Å²) in [6, 6.07) is 4.38. The number of imidazole rings is 1. The number of aliphatic hydroxyl groups is 1. The minimum atomic E-state index is -1.55. The summed E-state index contributed by atoms with van der Waals surface area (Å²) >= 11 is 0. The van der Waals surface area contributed by atoms with Gasteiger partial charge in [-0.05, 0) is 17.9 Å². The maximum Gasteiger partial charge on any atom is 0.328 e. The first-order valence-electron chi connectivity index (χ1n) is 11.6. The van der Waals surface area contributed by atoms with Crippen LogP contribution in [0.1, 0.15) is 31.5 Å². The van der Waals surface area contributed by atoms with Gasteiger partial charge in [0.05, 0.1) is 19.0 Å². The Kier molecular flexibility index (Phi) is 11.0. The van der Waals surface area contributed by atoms with E-state index in [0.717, 1.165) is 5.56 Å². The van der Waals surface area contributed by atoms with Gasteiger partial charge in [0.15, 0.2) is 0 Å². The van der Waals surface area contributed by atoms with Crippen LogP contribution in [0.25, 0.3) is 0 Å². The van der Waals surface area contributed by atoms with Gasteiger partial charge in [0.2, 0.25) is 17.7 Å². The topological polar surface area (TPSA) is 200 Å². The van der Waals surface area contributed by atoms with E-state index < -0.39 is 54.5 Å². The molecule has 3 amide bonds. The monoisotopic (exact) mass is 502 g/mol. The van der Waals surface area contributed by atoms with Crippen molar-refractivity contribution in [1.29, 1.82) is 0 Å². The largest absolute Gasteiger partial charge is 0.480 e. The maximum absolute atomic E-state index is 13.3. The van der Waals surface area contributed by atoms with Crippen molar-refractivity contribution in [1.82, 2.24) is 25.9 Å². The van der Waals surface area contributed by atoms with Crippen molar-refractivity contribution in [2.45, 2.75) is 57.3 Å². The van der Waals surface area contributed by atoms with Crippen molar-refractivity contribution in [3.8, 4) is 0 Å². The van der Waals surface area contributed by atoms with Crippen LogP contribution in [0.4, 0.5) is 0 Å². The van der Waals surface area contributed by atoms with E-state index in [1.807, 2.05) is 19.9 Å². The fraction of sp³-hybridized carbons (Fsp3) is 0.458. The van der Waals surface area contributed by atoms with Gasteiger partial charge < -0.3 is 36.9 Å². The molecule has 0 aliphatic heterocycles. The smallest absolute Gasteiger partial charge is 0.328 e. The van der Waals surface area contributed by atoms with Crippen LogP contribution in [0.15, 0.2) is 42.9 Å². The lowest BCUT2D eigenvalue weighted by molar-refractivity contribution is -0.143. The number of aromatic nitrogens is 2. The molecule has 0 saturated carbocycles. The molecule has 8 N–H and O–H groups in total. The molecule has 36 heavy (non-hydrogen) atoms. The van der Waals surface area contributed by atoms with Crippen molar-refractivity contribution < 1.29 is 29.4 Å². The maximum atomic E-state index is 13.3. The molecule has 0 spiro atoms. The minimum absolute atomic E-state index is 0.0335. The molecule has 0 bridgehead atoms. The summed E-state index contributed by atoms with van der Waals surface area (Å²) in [5.41, 5.74) is 7.28. The Morgan fingerprint density at radius 3 is 2.06 bits per heavy atom. The van der Waals surface area contributed by atoms with Crippen LogP contribution in [0, 0.1) is 5.92 Å². The van der Waals surface area contributed by atoms with Gasteiger partial charge in [0, 0.05) is 24.7 Å². The summed E-state index contributed by atoms with van der Waals surface area (Å²) in [6.07, 6.45) is 3.39. The van der Waals surface area contributed by atoms with Gasteiger partial charge in [-0.25, -0.2) is 9.78 Å². The highest BCUT2D eigenvalue weighted by Crippen LogP contribution is 2.08. The SMILES string of the molecule is CC(C)CC(N)C(=O)NC(Cc1ccccc1)C(=O)NC(Cc1cnc[nH]1)C(=O)NC(CO)C(=O)O. The summed E-state index contributed by atoms with van der Waals surface area (Å²) in [4.78, 5) is 56.9. The number of amides is 3. The molecular weight excluding hydrogens is 468 g/mol. The van der Waals surface area contributed by atoms with Crippen LogP contribution < -0.4 is 21.7 Å². The van der Waals surface area contributed by atoms with E-state index >= 15 is 0 Å². The number of aliphatic carboxylic acids is 1. The number of H-pyrrole nitrogens is 1. The highest BCUT2D eigenvalue weighted by atomic mass is 16.4. The second-order valence-corrected chi connectivity index (χ2v) is 8.91. The predicted octanol–water partition coefficient (Wildman–Crippen LogP) is -0.900. The molecule has 0 fully saturated rings. The molecule has 12 heteroatoms. The molecule has 4 atom stereocenters. The first-order valence-corrected chi connectivity index (χ1v) is 11.6. The number of aliphatic hydroxyl groups excluding tert-OH is 1. The van der Waals surface area contributed by atoms with Crippen molar-refractivity contribution in [3.63, 3.8) is 0 Å². The molecular formula is C24H34N6O6. The van der Waals surface area contributed by atoms with Crippen molar-refractivity contribution in [3.05, 3.63) is 54.1 Å². The van der Waals surface area contributed by atoms with Crippen LogP contribution >= 0.6 is 0 Å². The first-order chi connectivity index (χ1) is 17.1. The lowest BCUT2D eigenvalue weighted by Gasteiger charge is -2.25. The van der Waals surface area contributed by atoms with Crippen LogP contribution in [0.5, 0.6) is 0 Å². The van der Waals surface area contributed by atoms with Gasteiger partial charge in [-0.3, -0.25) is 14.4 Å². The number of rotatable bonds is 14. The highest BCUT2D eigenvalue weighted by molar-refractivity contribution is 5.94. The third kappa shape index (κ3) is 9.12. The Morgan fingerprint density at radius 1 is 0.944 bits per heavy atom. The summed E-state index contributed by atoms with van der Waals surface area (Å²) < 4.78 is 0. The minimum Gasteiger partial charge on any atom is -0.480 e. The summed E-state index contributed by atoms with van der Waals surface area (Å²) in [5, 5.41) is 25.9. The lowest BCUT2D eigenvalue weighted by Crippen LogP contribution is -2.58. The van der Waals surface area contributed by atoms with E-state index in [1.54, 1.807) is 24.3 Å². The summed E-state index contributed by atoms with van der Waals surface area (Å²) in [6.45, 7) is 3.03. The number of carboxylic acids is 1. The first kappa shape index (κ1) is 28.5. The molecule has 0 aliphatic rings. The van der Waals surface area contributed by atoms with E-state index in [9.17, 15) is 29.4 Å². The number of carboxylic acid groups (broad SMARTS) is 1. The average molecular weight is 503 g/mol. The lowest BCUT2D eigenvalue weighted by atomic mass is 10.0. The Labute approximate surface area is 209 Å². The molecule has 2 aromatic rings. The normalized spacial score (nSPS) is 14.4. The number of nitrogens with two attached hydrogens (primary N) is 1. The van der Waals surface area contributed by atoms with E-state index in [2.05, 4.69) is 25.9 Å². The van der Waals surface area contributed by atoms with E-state index in [4.69, 9.17) is 5.73 Å². The van der Waals surface area contributed by atoms with Gasteiger partial charge in [-0.1, -0.05) is 44.2 Å². The second-order valence-electron chi connectivity index (χ2n) is 8.91. The number of aromatic amines is 1. The fourth-order valence-electron chi connectivity index (χ4n) is 3.51. The average Bonchev–Trinajstić information content (AvgIpc) is 3.34. The van der Waals surface area contributed by atoms with Crippen LogP contribution in [-0.2, 0) is 32.0 Å². The van der Waals surface area contributed by atoms with E-state index in [1.165, 1.54) is 12.5 Å². The molecule has 1 aromatic heterocycles. The second kappa shape index (κ2) is 14.0. The zero-order valence-electron chi connectivity index (χ0n) is 20.3. The summed E-state index contributed by atoms with van der Waals surface area (Å²) in [5.74, 6) is -3.23. The zero-order valence-corrected chi connectivity index (χ0v) is 20.3. The Morgan fingerprint density at radius 2 is 1.53 bits per heavy atom. The highest BCUT2D eigenvalue weighted by Gasteiger charge is 2.31. The third-order valence-corrected chi connectivity index (χ3v) is 5.39.